The first-order valence-electron chi connectivity index (χ1n) is 1.92. The molecule has 0 aliphatic heterocycles. The van der Waals surface area contributed by atoms with Crippen LogP contribution in [0.15, 0.2) is 12.3 Å². The molecule has 1 nitrogen and oxygen atoms in total. The normalized spacial score (nSPS) is 11.0. The molecule has 0 aromatic heterocycles. The maximum Gasteiger partial charge on any atom is 0.430 e. The van der Waals surface area contributed by atoms with Crippen LogP contribution in [0, 0.1) is 0 Å². The molecule has 0 unspecified atom stereocenters. The van der Waals surface area contributed by atoms with E-state index in [0.717, 1.165) is 0 Å². The molecule has 48 valence electrons. The number of halogens is 3. The lowest BCUT2D eigenvalue weighted by Crippen LogP contribution is -2.21. The fraction of sp³-hybridized carbons (Fsp3) is 0.500. The molecule has 1 N–H and O–H groups in total. The van der Waals surface area contributed by atoms with Gasteiger partial charge in [0.05, 0.1) is 0 Å². The highest BCUT2D eigenvalue weighted by atomic mass is 19.4. The highest BCUT2D eigenvalue weighted by Crippen LogP contribution is 2.20. The van der Waals surface area contributed by atoms with Crippen LogP contribution in [-0.2, 0) is 0 Å². The molecule has 0 aliphatic carbocycles. The van der Waals surface area contributed by atoms with Gasteiger partial charge in [-0.05, 0) is 0 Å². The second kappa shape index (κ2) is 2.07. The second-order valence-corrected chi connectivity index (χ2v) is 1.23. The van der Waals surface area contributed by atoms with E-state index in [1.54, 1.807) is 0 Å². The second-order valence-electron chi connectivity index (χ2n) is 1.23. The van der Waals surface area contributed by atoms with Crippen LogP contribution in [0.1, 0.15) is 0 Å². The van der Waals surface area contributed by atoms with Crippen molar-refractivity contribution in [1.82, 2.24) is 5.32 Å². The van der Waals surface area contributed by atoms with Crippen LogP contribution in [-0.4, -0.2) is 13.2 Å². The Labute approximate surface area is 45.2 Å². The van der Waals surface area contributed by atoms with Crippen molar-refractivity contribution in [1.29, 1.82) is 0 Å². The summed E-state index contributed by atoms with van der Waals surface area (Å²) in [5, 5.41) is 1.89. The third kappa shape index (κ3) is 1.86. The lowest BCUT2D eigenvalue weighted by molar-refractivity contribution is -0.0955. The van der Waals surface area contributed by atoms with Gasteiger partial charge in [-0.15, -0.1) is 0 Å². The zero-order chi connectivity index (χ0) is 6.78. The molecule has 0 fully saturated rings. The lowest BCUT2D eigenvalue weighted by atomic mass is 10.5. The van der Waals surface area contributed by atoms with E-state index in [9.17, 15) is 13.2 Å². The van der Waals surface area contributed by atoms with E-state index in [4.69, 9.17) is 0 Å². The summed E-state index contributed by atoms with van der Waals surface area (Å²) < 4.78 is 33.9. The van der Waals surface area contributed by atoms with Crippen molar-refractivity contribution in [2.75, 3.05) is 7.05 Å². The summed E-state index contributed by atoms with van der Waals surface area (Å²) in [5.74, 6) is 0. The van der Waals surface area contributed by atoms with Gasteiger partial charge in [0, 0.05) is 7.05 Å². The molecule has 0 saturated heterocycles. The van der Waals surface area contributed by atoms with Gasteiger partial charge < -0.3 is 5.32 Å². The molecule has 0 saturated carbocycles. The van der Waals surface area contributed by atoms with Crippen molar-refractivity contribution < 1.29 is 13.2 Å². The van der Waals surface area contributed by atoms with Gasteiger partial charge in [-0.3, -0.25) is 0 Å². The van der Waals surface area contributed by atoms with Gasteiger partial charge in [-0.2, -0.15) is 13.2 Å². The SMILES string of the molecule is C=C(NC)C(F)(F)F. The molecular weight excluding hydrogens is 119 g/mol. The highest BCUT2D eigenvalue weighted by Gasteiger charge is 2.30. The predicted octanol–water partition coefficient (Wildman–Crippen LogP) is 1.28. The van der Waals surface area contributed by atoms with Gasteiger partial charge in [0.1, 0.15) is 5.70 Å². The van der Waals surface area contributed by atoms with Crippen molar-refractivity contribution in [3.63, 3.8) is 0 Å². The molecule has 0 aromatic carbocycles. The summed E-state index contributed by atoms with van der Waals surface area (Å²) in [7, 11) is 1.18. The maximum atomic E-state index is 11.3. The number of allylic oxidation sites excluding steroid dienone is 1. The molecule has 0 amide bonds. The number of alkyl halides is 3. The number of hydrogen-bond donors (Lipinski definition) is 1. The standard InChI is InChI=1S/C4H6F3N/c1-3(8-2)4(5,6)7/h8H,1H2,2H3. The van der Waals surface area contributed by atoms with E-state index in [0.29, 0.717) is 0 Å². The fourth-order valence-corrected chi connectivity index (χ4v) is 0.142. The molecule has 4 heteroatoms. The lowest BCUT2D eigenvalue weighted by Gasteiger charge is -2.06. The molecule has 0 heterocycles. The molecule has 0 rings (SSSR count). The Hall–Kier alpha value is -0.670. The van der Waals surface area contributed by atoms with Gasteiger partial charge >= 0.3 is 6.18 Å². The summed E-state index contributed by atoms with van der Waals surface area (Å²) in [6.45, 7) is 2.71. The Morgan fingerprint density at radius 2 is 1.88 bits per heavy atom. The van der Waals surface area contributed by atoms with Gasteiger partial charge in [0.2, 0.25) is 0 Å². The number of rotatable bonds is 1. The third-order valence-corrected chi connectivity index (χ3v) is 0.644. The van der Waals surface area contributed by atoms with Gasteiger partial charge in [-0.1, -0.05) is 6.58 Å². The minimum atomic E-state index is -4.30. The largest absolute Gasteiger partial charge is 0.430 e. The van der Waals surface area contributed by atoms with Crippen molar-refractivity contribution in [3.05, 3.63) is 12.3 Å². The zero-order valence-electron chi connectivity index (χ0n) is 4.34. The monoisotopic (exact) mass is 125 g/mol. The number of hydrogen-bond acceptors (Lipinski definition) is 1. The van der Waals surface area contributed by atoms with Crippen molar-refractivity contribution >= 4 is 0 Å². The Kier molecular flexibility index (Phi) is 1.89. The summed E-state index contributed by atoms with van der Waals surface area (Å²) in [6, 6.07) is 0. The third-order valence-electron chi connectivity index (χ3n) is 0.644. The fourth-order valence-electron chi connectivity index (χ4n) is 0.142. The quantitative estimate of drug-likeness (QED) is 0.556. The molecule has 0 radical (unpaired) electrons. The molecule has 0 spiro atoms. The first-order chi connectivity index (χ1) is 3.48. The van der Waals surface area contributed by atoms with Gasteiger partial charge in [0.15, 0.2) is 0 Å². The van der Waals surface area contributed by atoms with E-state index in [2.05, 4.69) is 6.58 Å². The topological polar surface area (TPSA) is 12.0 Å². The van der Waals surface area contributed by atoms with Crippen molar-refractivity contribution in [2.45, 2.75) is 6.18 Å². The van der Waals surface area contributed by atoms with Crippen LogP contribution < -0.4 is 5.32 Å². The van der Waals surface area contributed by atoms with Crippen LogP contribution >= 0.6 is 0 Å². The van der Waals surface area contributed by atoms with E-state index < -0.39 is 11.9 Å². The molecular formula is C4H6F3N. The van der Waals surface area contributed by atoms with E-state index in [1.165, 1.54) is 7.05 Å². The Bertz CT molecular complexity index is 93.9. The van der Waals surface area contributed by atoms with E-state index in [-0.39, 0.29) is 0 Å². The van der Waals surface area contributed by atoms with Crippen LogP contribution in [0.5, 0.6) is 0 Å². The molecule has 0 aliphatic rings. The minimum absolute atomic E-state index is 0.919. The first-order valence-corrected chi connectivity index (χ1v) is 1.92. The maximum absolute atomic E-state index is 11.3. The number of nitrogens with one attached hydrogen (secondary N) is 1. The highest BCUT2D eigenvalue weighted by molar-refractivity contribution is 4.97. The van der Waals surface area contributed by atoms with Crippen molar-refractivity contribution in [3.8, 4) is 0 Å². The zero-order valence-corrected chi connectivity index (χ0v) is 4.34. The van der Waals surface area contributed by atoms with E-state index in [1.807, 2.05) is 5.32 Å². The molecule has 8 heavy (non-hydrogen) atoms. The van der Waals surface area contributed by atoms with Crippen LogP contribution in [0.4, 0.5) is 13.2 Å². The Morgan fingerprint density at radius 1 is 1.50 bits per heavy atom. The first kappa shape index (κ1) is 7.33. The summed E-state index contributed by atoms with van der Waals surface area (Å²) in [5.41, 5.74) is -0.919. The van der Waals surface area contributed by atoms with Crippen LogP contribution in [0.3, 0.4) is 0 Å². The van der Waals surface area contributed by atoms with Crippen LogP contribution in [0.2, 0.25) is 0 Å². The average Bonchev–Trinajstić information content (AvgIpc) is 1.62. The average molecular weight is 125 g/mol. The summed E-state index contributed by atoms with van der Waals surface area (Å²) >= 11 is 0. The summed E-state index contributed by atoms with van der Waals surface area (Å²) in [4.78, 5) is 0. The molecule has 0 atom stereocenters. The van der Waals surface area contributed by atoms with Gasteiger partial charge in [0.25, 0.3) is 0 Å². The van der Waals surface area contributed by atoms with Crippen LogP contribution in [0.25, 0.3) is 0 Å². The van der Waals surface area contributed by atoms with E-state index >= 15 is 0 Å². The predicted molar refractivity (Wildman–Crippen MR) is 24.3 cm³/mol. The smallest absolute Gasteiger partial charge is 0.385 e. The summed E-state index contributed by atoms with van der Waals surface area (Å²) in [6.07, 6.45) is -4.30. The van der Waals surface area contributed by atoms with Gasteiger partial charge in [-0.25, -0.2) is 0 Å². The Morgan fingerprint density at radius 3 is 1.88 bits per heavy atom. The molecule has 0 aromatic rings. The molecule has 0 bridgehead atoms. The minimum Gasteiger partial charge on any atom is -0.385 e. The Balaban J connectivity index is 3.82. The van der Waals surface area contributed by atoms with Crippen molar-refractivity contribution in [2.24, 2.45) is 0 Å².